The van der Waals surface area contributed by atoms with E-state index >= 15 is 0 Å². The Labute approximate surface area is 117 Å². The van der Waals surface area contributed by atoms with E-state index in [-0.39, 0.29) is 0 Å². The Hall–Kier alpha value is -0.830. The second-order valence-corrected chi connectivity index (χ2v) is 6.71. The first kappa shape index (κ1) is 14.6. The van der Waals surface area contributed by atoms with Crippen molar-refractivity contribution in [1.29, 1.82) is 0 Å². The van der Waals surface area contributed by atoms with Crippen LogP contribution in [0.15, 0.2) is 12.3 Å². The van der Waals surface area contributed by atoms with Crippen LogP contribution in [-0.4, -0.2) is 15.8 Å². The summed E-state index contributed by atoms with van der Waals surface area (Å²) < 4.78 is 2.09. The molecule has 2 atom stereocenters. The van der Waals surface area contributed by atoms with Crippen LogP contribution >= 0.6 is 0 Å². The van der Waals surface area contributed by atoms with Gasteiger partial charge in [-0.05, 0) is 37.7 Å². The zero-order valence-electron chi connectivity index (χ0n) is 12.9. The molecule has 2 unspecified atom stereocenters. The molecule has 3 nitrogen and oxygen atoms in total. The predicted molar refractivity (Wildman–Crippen MR) is 80.1 cm³/mol. The van der Waals surface area contributed by atoms with E-state index in [9.17, 15) is 0 Å². The van der Waals surface area contributed by atoms with E-state index in [1.165, 1.54) is 31.4 Å². The maximum atomic E-state index is 4.67. The maximum Gasteiger partial charge on any atom is 0.0762 e. The van der Waals surface area contributed by atoms with E-state index in [0.29, 0.717) is 17.5 Å². The SMILES string of the molecule is CCC(C)n1ccc(CNC2CCCCC2(C)C)n1. The second-order valence-electron chi connectivity index (χ2n) is 6.71. The van der Waals surface area contributed by atoms with Gasteiger partial charge in [-0.15, -0.1) is 0 Å². The maximum absolute atomic E-state index is 4.67. The molecule has 1 aliphatic rings. The van der Waals surface area contributed by atoms with Gasteiger partial charge in [0.25, 0.3) is 0 Å². The highest BCUT2D eigenvalue weighted by Crippen LogP contribution is 2.35. The van der Waals surface area contributed by atoms with Crippen LogP contribution < -0.4 is 5.32 Å². The van der Waals surface area contributed by atoms with Crippen molar-refractivity contribution in [2.45, 2.75) is 78.4 Å². The summed E-state index contributed by atoms with van der Waals surface area (Å²) in [4.78, 5) is 0. The Morgan fingerprint density at radius 1 is 1.47 bits per heavy atom. The number of aromatic nitrogens is 2. The largest absolute Gasteiger partial charge is 0.308 e. The summed E-state index contributed by atoms with van der Waals surface area (Å²) in [6.07, 6.45) is 8.63. The minimum absolute atomic E-state index is 0.428. The number of nitrogens with zero attached hydrogens (tertiary/aromatic N) is 2. The van der Waals surface area contributed by atoms with Crippen molar-refractivity contribution < 1.29 is 0 Å². The third kappa shape index (κ3) is 3.59. The van der Waals surface area contributed by atoms with Crippen molar-refractivity contribution in [2.24, 2.45) is 5.41 Å². The first-order chi connectivity index (χ1) is 9.03. The Morgan fingerprint density at radius 3 is 2.95 bits per heavy atom. The van der Waals surface area contributed by atoms with Crippen LogP contribution in [0.3, 0.4) is 0 Å². The molecule has 0 radical (unpaired) electrons. The van der Waals surface area contributed by atoms with Crippen LogP contribution in [0, 0.1) is 5.41 Å². The van der Waals surface area contributed by atoms with E-state index in [0.717, 1.165) is 13.0 Å². The molecule has 3 heteroatoms. The lowest BCUT2D eigenvalue weighted by Crippen LogP contribution is -2.43. The average molecular weight is 263 g/mol. The molecule has 2 rings (SSSR count). The lowest BCUT2D eigenvalue weighted by atomic mass is 9.73. The fraction of sp³-hybridized carbons (Fsp3) is 0.812. The fourth-order valence-electron chi connectivity index (χ4n) is 3.00. The van der Waals surface area contributed by atoms with Gasteiger partial charge < -0.3 is 5.32 Å². The van der Waals surface area contributed by atoms with Crippen LogP contribution in [0.5, 0.6) is 0 Å². The molecule has 0 aliphatic heterocycles. The molecule has 0 aromatic carbocycles. The molecule has 0 spiro atoms. The van der Waals surface area contributed by atoms with E-state index in [1.807, 2.05) is 0 Å². The average Bonchev–Trinajstić information content (AvgIpc) is 2.85. The van der Waals surface area contributed by atoms with Crippen LogP contribution in [0.4, 0.5) is 0 Å². The van der Waals surface area contributed by atoms with Gasteiger partial charge in [0.1, 0.15) is 0 Å². The molecule has 0 amide bonds. The van der Waals surface area contributed by atoms with Crippen molar-refractivity contribution in [3.05, 3.63) is 18.0 Å². The summed E-state index contributed by atoms with van der Waals surface area (Å²) in [7, 11) is 0. The van der Waals surface area contributed by atoms with E-state index < -0.39 is 0 Å². The van der Waals surface area contributed by atoms with Crippen molar-refractivity contribution in [2.75, 3.05) is 0 Å². The summed E-state index contributed by atoms with van der Waals surface area (Å²) in [5, 5.41) is 8.39. The van der Waals surface area contributed by atoms with Crippen molar-refractivity contribution in [3.8, 4) is 0 Å². The smallest absolute Gasteiger partial charge is 0.0762 e. The van der Waals surface area contributed by atoms with Gasteiger partial charge in [0.2, 0.25) is 0 Å². The highest BCUT2D eigenvalue weighted by atomic mass is 15.3. The summed E-state index contributed by atoms with van der Waals surface area (Å²) in [5.41, 5.74) is 1.60. The Kier molecular flexibility index (Phi) is 4.67. The summed E-state index contributed by atoms with van der Waals surface area (Å²) >= 11 is 0. The normalized spacial score (nSPS) is 24.3. The second kappa shape index (κ2) is 6.08. The van der Waals surface area contributed by atoms with Gasteiger partial charge in [0.15, 0.2) is 0 Å². The van der Waals surface area contributed by atoms with E-state index in [1.54, 1.807) is 0 Å². The van der Waals surface area contributed by atoms with Crippen LogP contribution in [-0.2, 0) is 6.54 Å². The van der Waals surface area contributed by atoms with Gasteiger partial charge in [0.05, 0.1) is 5.69 Å². The van der Waals surface area contributed by atoms with E-state index in [2.05, 4.69) is 55.1 Å². The molecule has 1 aromatic heterocycles. The van der Waals surface area contributed by atoms with Gasteiger partial charge in [0, 0.05) is 24.8 Å². The van der Waals surface area contributed by atoms with Crippen LogP contribution in [0.1, 0.15) is 71.5 Å². The Bertz CT molecular complexity index is 394. The first-order valence-corrected chi connectivity index (χ1v) is 7.80. The van der Waals surface area contributed by atoms with Crippen molar-refractivity contribution in [3.63, 3.8) is 0 Å². The molecule has 108 valence electrons. The molecular weight excluding hydrogens is 234 g/mol. The minimum atomic E-state index is 0.428. The fourth-order valence-corrected chi connectivity index (χ4v) is 3.00. The molecule has 0 saturated heterocycles. The van der Waals surface area contributed by atoms with Gasteiger partial charge >= 0.3 is 0 Å². The van der Waals surface area contributed by atoms with Crippen LogP contribution in [0.25, 0.3) is 0 Å². The summed E-state index contributed by atoms with van der Waals surface area (Å²) in [5.74, 6) is 0. The molecular formula is C16H29N3. The summed E-state index contributed by atoms with van der Waals surface area (Å²) in [6, 6.07) is 3.28. The minimum Gasteiger partial charge on any atom is -0.308 e. The molecule has 1 N–H and O–H groups in total. The quantitative estimate of drug-likeness (QED) is 0.873. The molecule has 1 heterocycles. The zero-order valence-corrected chi connectivity index (χ0v) is 12.9. The number of rotatable bonds is 5. The van der Waals surface area contributed by atoms with Crippen LogP contribution in [0.2, 0.25) is 0 Å². The van der Waals surface area contributed by atoms with Gasteiger partial charge in [-0.3, -0.25) is 4.68 Å². The summed E-state index contributed by atoms with van der Waals surface area (Å²) in [6.45, 7) is 10.1. The molecule has 1 aromatic rings. The van der Waals surface area contributed by atoms with Gasteiger partial charge in [-0.25, -0.2) is 0 Å². The lowest BCUT2D eigenvalue weighted by Gasteiger charge is -2.39. The third-order valence-electron chi connectivity index (χ3n) is 4.74. The highest BCUT2D eigenvalue weighted by Gasteiger charge is 2.31. The van der Waals surface area contributed by atoms with Gasteiger partial charge in [-0.2, -0.15) is 5.10 Å². The zero-order chi connectivity index (χ0) is 13.9. The topological polar surface area (TPSA) is 29.9 Å². The van der Waals surface area contributed by atoms with Crippen molar-refractivity contribution in [1.82, 2.24) is 15.1 Å². The standard InChI is InChI=1S/C16H29N3/c1-5-13(2)19-11-9-14(18-19)12-17-15-8-6-7-10-16(15,3)4/h9,11,13,15,17H,5-8,10,12H2,1-4H3. The van der Waals surface area contributed by atoms with E-state index in [4.69, 9.17) is 0 Å². The molecule has 1 saturated carbocycles. The van der Waals surface area contributed by atoms with Crippen molar-refractivity contribution >= 4 is 0 Å². The molecule has 1 fully saturated rings. The Balaban J connectivity index is 1.89. The monoisotopic (exact) mass is 263 g/mol. The molecule has 0 bridgehead atoms. The Morgan fingerprint density at radius 2 is 2.26 bits per heavy atom. The first-order valence-electron chi connectivity index (χ1n) is 7.80. The number of hydrogen-bond acceptors (Lipinski definition) is 2. The third-order valence-corrected chi connectivity index (χ3v) is 4.74. The highest BCUT2D eigenvalue weighted by molar-refractivity contribution is 5.00. The number of hydrogen-bond donors (Lipinski definition) is 1. The molecule has 1 aliphatic carbocycles. The molecule has 19 heavy (non-hydrogen) atoms. The van der Waals surface area contributed by atoms with Gasteiger partial charge in [-0.1, -0.05) is 33.6 Å². The predicted octanol–water partition coefficient (Wildman–Crippen LogP) is 3.91. The number of nitrogens with one attached hydrogen (secondary N) is 1. The lowest BCUT2D eigenvalue weighted by molar-refractivity contribution is 0.166.